The van der Waals surface area contributed by atoms with Crippen molar-refractivity contribution in [3.05, 3.63) is 54.1 Å². The van der Waals surface area contributed by atoms with Gasteiger partial charge in [0.2, 0.25) is 0 Å². The van der Waals surface area contributed by atoms with E-state index in [9.17, 15) is 0 Å². The van der Waals surface area contributed by atoms with Crippen LogP contribution in [0.2, 0.25) is 0 Å². The third kappa shape index (κ3) is 2.74. The van der Waals surface area contributed by atoms with Crippen molar-refractivity contribution in [1.29, 1.82) is 0 Å². The number of aryl methyl sites for hydroxylation is 1. The van der Waals surface area contributed by atoms with Crippen molar-refractivity contribution < 1.29 is 4.74 Å². The van der Waals surface area contributed by atoms with Gasteiger partial charge in [-0.1, -0.05) is 0 Å². The predicted molar refractivity (Wildman–Crippen MR) is 87.2 cm³/mol. The minimum atomic E-state index is 0.753. The minimum absolute atomic E-state index is 0.753. The Balaban J connectivity index is 1.95. The average molecular weight is 279 g/mol. The molecular formula is C17H17N3O. The van der Waals surface area contributed by atoms with E-state index in [-0.39, 0.29) is 0 Å². The number of hydrogen-bond donors (Lipinski definition) is 2. The lowest BCUT2D eigenvalue weighted by Crippen LogP contribution is -1.96. The van der Waals surface area contributed by atoms with Crippen LogP contribution in [0.15, 0.2) is 48.5 Å². The first-order chi connectivity index (χ1) is 10.2. The van der Waals surface area contributed by atoms with Crippen LogP contribution in [-0.4, -0.2) is 12.1 Å². The topological polar surface area (TPSA) is 60.2 Å². The molecule has 0 saturated carbocycles. The summed E-state index contributed by atoms with van der Waals surface area (Å²) in [5, 5.41) is 4.38. The Bertz CT molecular complexity index is 782. The summed E-state index contributed by atoms with van der Waals surface area (Å²) in [4.78, 5) is 4.62. The number of methoxy groups -OCH3 is 1. The predicted octanol–water partition coefficient (Wildman–Crippen LogP) is 3.88. The standard InChI is InChI=1S/C17H17N3O/c1-11-9-17(19-13-4-6-14(21-2)7-5-13)20-16-8-3-12(18)10-15(11)16/h3-10H,18H2,1-2H3,(H,19,20). The maximum atomic E-state index is 5.83. The highest BCUT2D eigenvalue weighted by Gasteiger charge is 2.04. The van der Waals surface area contributed by atoms with E-state index < -0.39 is 0 Å². The summed E-state index contributed by atoms with van der Waals surface area (Å²) in [7, 11) is 1.66. The Morgan fingerprint density at radius 3 is 2.52 bits per heavy atom. The monoisotopic (exact) mass is 279 g/mol. The van der Waals surface area contributed by atoms with Gasteiger partial charge in [0.1, 0.15) is 11.6 Å². The molecule has 0 saturated heterocycles. The number of hydrogen-bond acceptors (Lipinski definition) is 4. The van der Waals surface area contributed by atoms with Crippen molar-refractivity contribution in [3.63, 3.8) is 0 Å². The molecule has 0 spiro atoms. The van der Waals surface area contributed by atoms with Gasteiger partial charge in [0.25, 0.3) is 0 Å². The normalized spacial score (nSPS) is 10.6. The Hall–Kier alpha value is -2.75. The number of rotatable bonds is 3. The van der Waals surface area contributed by atoms with Crippen LogP contribution in [0.25, 0.3) is 10.9 Å². The molecule has 0 amide bonds. The van der Waals surface area contributed by atoms with Gasteiger partial charge in [-0.05, 0) is 61.0 Å². The van der Waals surface area contributed by atoms with Gasteiger partial charge in [-0.25, -0.2) is 4.98 Å². The van der Waals surface area contributed by atoms with Gasteiger partial charge in [-0.2, -0.15) is 0 Å². The lowest BCUT2D eigenvalue weighted by atomic mass is 10.1. The first-order valence-corrected chi connectivity index (χ1v) is 6.74. The SMILES string of the molecule is COc1ccc(Nc2cc(C)c3cc(N)ccc3n2)cc1. The third-order valence-electron chi connectivity index (χ3n) is 3.40. The fourth-order valence-corrected chi connectivity index (χ4v) is 2.30. The van der Waals surface area contributed by atoms with Crippen LogP contribution >= 0.6 is 0 Å². The van der Waals surface area contributed by atoms with Crippen molar-refractivity contribution in [2.24, 2.45) is 0 Å². The largest absolute Gasteiger partial charge is 0.497 e. The Kier molecular flexibility index (Phi) is 3.36. The van der Waals surface area contributed by atoms with Gasteiger partial charge in [0, 0.05) is 16.8 Å². The van der Waals surface area contributed by atoms with Gasteiger partial charge in [-0.3, -0.25) is 0 Å². The molecule has 3 N–H and O–H groups in total. The molecule has 4 nitrogen and oxygen atoms in total. The van der Waals surface area contributed by atoms with Gasteiger partial charge >= 0.3 is 0 Å². The van der Waals surface area contributed by atoms with Crippen LogP contribution in [0, 0.1) is 6.92 Å². The van der Waals surface area contributed by atoms with E-state index in [0.29, 0.717) is 0 Å². The highest BCUT2D eigenvalue weighted by atomic mass is 16.5. The highest BCUT2D eigenvalue weighted by molar-refractivity contribution is 5.87. The van der Waals surface area contributed by atoms with Crippen molar-refractivity contribution in [2.75, 3.05) is 18.2 Å². The molecule has 0 unspecified atom stereocenters. The number of fused-ring (bicyclic) bond motifs is 1. The van der Waals surface area contributed by atoms with Crippen molar-refractivity contribution >= 4 is 28.1 Å². The smallest absolute Gasteiger partial charge is 0.131 e. The molecule has 106 valence electrons. The number of ether oxygens (including phenoxy) is 1. The number of nitrogens with two attached hydrogens (primary N) is 1. The number of nitrogens with one attached hydrogen (secondary N) is 1. The summed E-state index contributed by atoms with van der Waals surface area (Å²) in [6.07, 6.45) is 0. The molecule has 0 atom stereocenters. The van der Waals surface area contributed by atoms with E-state index in [1.54, 1.807) is 7.11 Å². The molecule has 21 heavy (non-hydrogen) atoms. The summed E-state index contributed by atoms with van der Waals surface area (Å²) >= 11 is 0. The molecule has 0 fully saturated rings. The molecule has 3 rings (SSSR count). The quantitative estimate of drug-likeness (QED) is 0.714. The Morgan fingerprint density at radius 1 is 1.05 bits per heavy atom. The molecule has 2 aromatic carbocycles. The summed E-state index contributed by atoms with van der Waals surface area (Å²) in [5.74, 6) is 1.65. The average Bonchev–Trinajstić information content (AvgIpc) is 2.49. The van der Waals surface area contributed by atoms with Gasteiger partial charge in [0.15, 0.2) is 0 Å². The van der Waals surface area contributed by atoms with Crippen LogP contribution in [0.1, 0.15) is 5.56 Å². The molecule has 0 radical (unpaired) electrons. The van der Waals surface area contributed by atoms with Crippen LogP contribution in [0.5, 0.6) is 5.75 Å². The van der Waals surface area contributed by atoms with Crippen molar-refractivity contribution in [3.8, 4) is 5.75 Å². The zero-order valence-electron chi connectivity index (χ0n) is 12.1. The molecular weight excluding hydrogens is 262 g/mol. The summed E-state index contributed by atoms with van der Waals surface area (Å²) in [6.45, 7) is 2.06. The molecule has 0 aliphatic rings. The maximum Gasteiger partial charge on any atom is 0.131 e. The fraction of sp³-hybridized carbons (Fsp3) is 0.118. The lowest BCUT2D eigenvalue weighted by molar-refractivity contribution is 0.415. The second kappa shape index (κ2) is 5.32. The van der Waals surface area contributed by atoms with Crippen LogP contribution < -0.4 is 15.8 Å². The maximum absolute atomic E-state index is 5.83. The number of nitrogens with zero attached hydrogens (tertiary/aromatic N) is 1. The Labute approximate surface area is 123 Å². The second-order valence-electron chi connectivity index (χ2n) is 4.95. The highest BCUT2D eigenvalue weighted by Crippen LogP contribution is 2.25. The molecule has 1 heterocycles. The van der Waals surface area contributed by atoms with E-state index in [0.717, 1.165) is 39.4 Å². The zero-order chi connectivity index (χ0) is 14.8. The van der Waals surface area contributed by atoms with Gasteiger partial charge < -0.3 is 15.8 Å². The van der Waals surface area contributed by atoms with Crippen molar-refractivity contribution in [1.82, 2.24) is 4.98 Å². The molecule has 1 aromatic heterocycles. The van der Waals surface area contributed by atoms with Crippen molar-refractivity contribution in [2.45, 2.75) is 6.92 Å². The third-order valence-corrected chi connectivity index (χ3v) is 3.40. The Morgan fingerprint density at radius 2 is 1.81 bits per heavy atom. The van der Waals surface area contributed by atoms with Gasteiger partial charge in [0.05, 0.1) is 12.6 Å². The molecule has 3 aromatic rings. The minimum Gasteiger partial charge on any atom is -0.497 e. The van der Waals surface area contributed by atoms with E-state index >= 15 is 0 Å². The number of benzene rings is 2. The molecule has 0 aliphatic carbocycles. The van der Waals surface area contributed by atoms with E-state index in [1.165, 1.54) is 0 Å². The molecule has 0 bridgehead atoms. The number of nitrogen functional groups attached to an aromatic ring is 1. The zero-order valence-corrected chi connectivity index (χ0v) is 12.1. The van der Waals surface area contributed by atoms with Crippen LogP contribution in [0.4, 0.5) is 17.2 Å². The van der Waals surface area contributed by atoms with E-state index in [4.69, 9.17) is 10.5 Å². The van der Waals surface area contributed by atoms with E-state index in [1.807, 2.05) is 48.5 Å². The summed E-state index contributed by atoms with van der Waals surface area (Å²) in [5.41, 5.74) is 9.62. The fourth-order valence-electron chi connectivity index (χ4n) is 2.30. The van der Waals surface area contributed by atoms with Gasteiger partial charge in [-0.15, -0.1) is 0 Å². The van der Waals surface area contributed by atoms with E-state index in [2.05, 4.69) is 17.2 Å². The number of aromatic nitrogens is 1. The number of anilines is 3. The second-order valence-corrected chi connectivity index (χ2v) is 4.95. The summed E-state index contributed by atoms with van der Waals surface area (Å²) < 4.78 is 5.15. The molecule has 0 aliphatic heterocycles. The summed E-state index contributed by atoms with van der Waals surface area (Å²) in [6, 6.07) is 15.5. The molecule has 4 heteroatoms. The number of pyridine rings is 1. The lowest BCUT2D eigenvalue weighted by Gasteiger charge is -2.10. The first-order valence-electron chi connectivity index (χ1n) is 6.74. The first kappa shape index (κ1) is 13.2. The van der Waals surface area contributed by atoms with Crippen LogP contribution in [0.3, 0.4) is 0 Å². The van der Waals surface area contributed by atoms with Crippen LogP contribution in [-0.2, 0) is 0 Å².